The van der Waals surface area contributed by atoms with Gasteiger partial charge >= 0.3 is 0 Å². The molecule has 84 valence electrons. The molecule has 1 aromatic carbocycles. The van der Waals surface area contributed by atoms with E-state index in [1.165, 1.54) is 24.3 Å². The molecule has 1 aromatic rings. The number of halogens is 2. The van der Waals surface area contributed by atoms with Crippen molar-refractivity contribution < 1.29 is 19.0 Å². The Labute approximate surface area is 86.2 Å². The van der Waals surface area contributed by atoms with Crippen LogP contribution >= 0.6 is 0 Å². The first kappa shape index (κ1) is 11.9. The Morgan fingerprint density at radius 3 is 2.33 bits per heavy atom. The predicted octanol–water partition coefficient (Wildman–Crippen LogP) is 1.19. The van der Waals surface area contributed by atoms with Crippen LogP contribution in [0.15, 0.2) is 24.3 Å². The molecule has 1 atom stereocenters. The molecule has 0 radical (unpaired) electrons. The molecular weight excluding hydrogens is 204 g/mol. The Bertz CT molecular complexity index is 353. The van der Waals surface area contributed by atoms with E-state index in [-0.39, 0.29) is 11.3 Å². The smallest absolute Gasteiger partial charge is 0.292 e. The molecule has 0 aliphatic rings. The average molecular weight is 217 g/mol. The van der Waals surface area contributed by atoms with E-state index in [4.69, 9.17) is 5.73 Å². The summed E-state index contributed by atoms with van der Waals surface area (Å²) >= 11 is 0. The number of aromatic hydroxyl groups is 1. The van der Waals surface area contributed by atoms with Crippen LogP contribution in [0.4, 0.5) is 8.78 Å². The number of phenolic OH excluding ortho intramolecular Hbond substituents is 1. The van der Waals surface area contributed by atoms with Crippen molar-refractivity contribution in [1.29, 1.82) is 0 Å². The maximum absolute atomic E-state index is 13.3. The van der Waals surface area contributed by atoms with Crippen LogP contribution in [0.25, 0.3) is 0 Å². The maximum atomic E-state index is 13.3. The van der Waals surface area contributed by atoms with Gasteiger partial charge in [0, 0.05) is 5.56 Å². The van der Waals surface area contributed by atoms with Gasteiger partial charge in [0.2, 0.25) is 0 Å². The first-order valence-corrected chi connectivity index (χ1v) is 4.41. The number of hydrogen-bond acceptors (Lipinski definition) is 3. The second-order valence-electron chi connectivity index (χ2n) is 3.50. The second-order valence-corrected chi connectivity index (χ2v) is 3.50. The highest BCUT2D eigenvalue weighted by Crippen LogP contribution is 2.40. The highest BCUT2D eigenvalue weighted by atomic mass is 19.3. The monoisotopic (exact) mass is 217 g/mol. The van der Waals surface area contributed by atoms with Crippen LogP contribution in [-0.4, -0.2) is 22.7 Å². The van der Waals surface area contributed by atoms with Gasteiger partial charge in [-0.2, -0.15) is 0 Å². The van der Waals surface area contributed by atoms with Gasteiger partial charge in [-0.25, -0.2) is 8.78 Å². The molecule has 0 aliphatic heterocycles. The molecule has 15 heavy (non-hydrogen) atoms. The summed E-state index contributed by atoms with van der Waals surface area (Å²) in [5.41, 5.74) is 2.17. The molecule has 0 amide bonds. The Balaban J connectivity index is 3.22. The number of hydrogen-bond donors (Lipinski definition) is 3. The predicted molar refractivity (Wildman–Crippen MR) is 51.7 cm³/mol. The van der Waals surface area contributed by atoms with Crippen molar-refractivity contribution in [1.82, 2.24) is 0 Å². The van der Waals surface area contributed by atoms with Gasteiger partial charge in [-0.3, -0.25) is 0 Å². The van der Waals surface area contributed by atoms with E-state index < -0.39 is 18.1 Å². The van der Waals surface area contributed by atoms with E-state index in [1.54, 1.807) is 0 Å². The Hall–Kier alpha value is -1.20. The van der Waals surface area contributed by atoms with Crippen LogP contribution < -0.4 is 5.73 Å². The van der Waals surface area contributed by atoms with Gasteiger partial charge in [0.1, 0.15) is 5.75 Å². The molecule has 4 N–H and O–H groups in total. The van der Waals surface area contributed by atoms with E-state index in [2.05, 4.69) is 0 Å². The fourth-order valence-corrected chi connectivity index (χ4v) is 1.28. The molecule has 0 bridgehead atoms. The average Bonchev–Trinajstić information content (AvgIpc) is 2.18. The van der Waals surface area contributed by atoms with Gasteiger partial charge in [0.15, 0.2) is 5.60 Å². The summed E-state index contributed by atoms with van der Waals surface area (Å²) in [4.78, 5) is 0. The number of benzene rings is 1. The van der Waals surface area contributed by atoms with E-state index in [0.717, 1.165) is 6.92 Å². The third-order valence-electron chi connectivity index (χ3n) is 2.40. The molecule has 0 spiro atoms. The Kier molecular flexibility index (Phi) is 2.97. The third kappa shape index (κ3) is 1.93. The lowest BCUT2D eigenvalue weighted by atomic mass is 9.88. The number of phenols is 1. The molecule has 0 heterocycles. The lowest BCUT2D eigenvalue weighted by molar-refractivity contribution is -0.171. The molecule has 0 fully saturated rings. The van der Waals surface area contributed by atoms with Gasteiger partial charge in [-0.05, 0) is 13.0 Å². The third-order valence-corrected chi connectivity index (χ3v) is 2.40. The summed E-state index contributed by atoms with van der Waals surface area (Å²) in [5, 5.41) is 19.1. The molecule has 0 aromatic heterocycles. The zero-order valence-corrected chi connectivity index (χ0v) is 8.24. The van der Waals surface area contributed by atoms with Crippen molar-refractivity contribution in [2.24, 2.45) is 5.73 Å². The number of rotatable bonds is 3. The quantitative estimate of drug-likeness (QED) is 0.712. The first-order chi connectivity index (χ1) is 6.83. The number of para-hydroxylation sites is 1. The lowest BCUT2D eigenvalue weighted by Crippen LogP contribution is -2.48. The van der Waals surface area contributed by atoms with Crippen LogP contribution in [0.5, 0.6) is 5.75 Å². The standard InChI is InChI=1S/C10H13F2NO2/c1-9(15,10(11,12)6-13)7-4-2-3-5-8(7)14/h2-5,14-15H,6,13H2,1H3. The fourth-order valence-electron chi connectivity index (χ4n) is 1.28. The van der Waals surface area contributed by atoms with Crippen molar-refractivity contribution in [3.05, 3.63) is 29.8 Å². The summed E-state index contributed by atoms with van der Waals surface area (Å²) < 4.78 is 26.6. The van der Waals surface area contributed by atoms with E-state index in [0.29, 0.717) is 0 Å². The highest BCUT2D eigenvalue weighted by molar-refractivity contribution is 5.37. The van der Waals surface area contributed by atoms with E-state index >= 15 is 0 Å². The first-order valence-electron chi connectivity index (χ1n) is 4.41. The summed E-state index contributed by atoms with van der Waals surface area (Å²) in [7, 11) is 0. The van der Waals surface area contributed by atoms with Gasteiger partial charge < -0.3 is 15.9 Å². The number of aliphatic hydroxyl groups is 1. The van der Waals surface area contributed by atoms with Gasteiger partial charge in [0.25, 0.3) is 5.92 Å². The van der Waals surface area contributed by atoms with Crippen molar-refractivity contribution >= 4 is 0 Å². The molecule has 0 saturated heterocycles. The molecule has 1 rings (SSSR count). The van der Waals surface area contributed by atoms with Crippen molar-refractivity contribution in [3.8, 4) is 5.75 Å². The van der Waals surface area contributed by atoms with Crippen LogP contribution in [0.1, 0.15) is 12.5 Å². The van der Waals surface area contributed by atoms with Crippen LogP contribution in [0.2, 0.25) is 0 Å². The number of alkyl halides is 2. The minimum atomic E-state index is -3.49. The molecular formula is C10H13F2NO2. The second kappa shape index (κ2) is 3.75. The van der Waals surface area contributed by atoms with Gasteiger partial charge in [-0.1, -0.05) is 18.2 Å². The lowest BCUT2D eigenvalue weighted by Gasteiger charge is -2.32. The summed E-state index contributed by atoms with van der Waals surface area (Å²) in [6.45, 7) is -0.0662. The minimum Gasteiger partial charge on any atom is -0.508 e. The van der Waals surface area contributed by atoms with Crippen LogP contribution in [-0.2, 0) is 5.60 Å². The highest BCUT2D eigenvalue weighted by Gasteiger charge is 2.50. The normalized spacial score (nSPS) is 16.1. The van der Waals surface area contributed by atoms with Crippen LogP contribution in [0, 0.1) is 0 Å². The van der Waals surface area contributed by atoms with Crippen molar-refractivity contribution in [3.63, 3.8) is 0 Å². The molecule has 5 heteroatoms. The molecule has 3 nitrogen and oxygen atoms in total. The van der Waals surface area contributed by atoms with Crippen molar-refractivity contribution in [2.45, 2.75) is 18.4 Å². The summed E-state index contributed by atoms with van der Waals surface area (Å²) in [6, 6.07) is 5.40. The summed E-state index contributed by atoms with van der Waals surface area (Å²) in [5.74, 6) is -3.87. The maximum Gasteiger partial charge on any atom is 0.292 e. The van der Waals surface area contributed by atoms with E-state index in [1.807, 2.05) is 0 Å². The molecule has 1 unspecified atom stereocenters. The Morgan fingerprint density at radius 1 is 1.33 bits per heavy atom. The zero-order chi connectivity index (χ0) is 11.7. The SMILES string of the molecule is CC(O)(c1ccccc1O)C(F)(F)CN. The topological polar surface area (TPSA) is 66.5 Å². The Morgan fingerprint density at radius 2 is 1.87 bits per heavy atom. The summed E-state index contributed by atoms with van der Waals surface area (Å²) in [6.07, 6.45) is 0. The minimum absolute atomic E-state index is 0.236. The van der Waals surface area contributed by atoms with Gasteiger partial charge in [0.05, 0.1) is 6.54 Å². The number of nitrogens with two attached hydrogens (primary N) is 1. The van der Waals surface area contributed by atoms with E-state index in [9.17, 15) is 19.0 Å². The van der Waals surface area contributed by atoms with Crippen LogP contribution in [0.3, 0.4) is 0 Å². The molecule has 0 saturated carbocycles. The largest absolute Gasteiger partial charge is 0.508 e. The van der Waals surface area contributed by atoms with Crippen molar-refractivity contribution in [2.75, 3.05) is 6.54 Å². The fraction of sp³-hybridized carbons (Fsp3) is 0.400. The molecule has 0 aliphatic carbocycles. The van der Waals surface area contributed by atoms with Gasteiger partial charge in [-0.15, -0.1) is 0 Å². The zero-order valence-electron chi connectivity index (χ0n) is 8.24.